The molecule has 1 aromatic carbocycles. The molecule has 0 atom stereocenters. The van der Waals surface area contributed by atoms with Crippen LogP contribution in [0.1, 0.15) is 28.4 Å². The molecule has 0 radical (unpaired) electrons. The van der Waals surface area contributed by atoms with Crippen LogP contribution in [0.3, 0.4) is 0 Å². The van der Waals surface area contributed by atoms with E-state index in [2.05, 4.69) is 14.7 Å². The average Bonchev–Trinajstić information content (AvgIpc) is 3.14. The van der Waals surface area contributed by atoms with Crippen molar-refractivity contribution in [3.05, 3.63) is 22.8 Å². The maximum absolute atomic E-state index is 15.5. The van der Waals surface area contributed by atoms with Crippen LogP contribution in [0.2, 0.25) is 0 Å². The minimum Gasteiger partial charge on any atom is -0.445 e. The summed E-state index contributed by atoms with van der Waals surface area (Å²) in [5.41, 5.74) is -11.4. The van der Waals surface area contributed by atoms with Gasteiger partial charge in [-0.3, -0.25) is 9.59 Å². The van der Waals surface area contributed by atoms with Crippen LogP contribution in [-0.2, 0) is 25.0 Å². The van der Waals surface area contributed by atoms with E-state index in [1.807, 2.05) is 0 Å². The van der Waals surface area contributed by atoms with Crippen molar-refractivity contribution < 1.29 is 160 Å². The fourth-order valence-electron chi connectivity index (χ4n) is 4.61. The minimum absolute atomic E-state index is 0.168. The summed E-state index contributed by atoms with van der Waals surface area (Å²) >= 11 is 0. The van der Waals surface area contributed by atoms with Gasteiger partial charge in [-0.25, -0.2) is 9.59 Å². The van der Waals surface area contributed by atoms with Gasteiger partial charge < -0.3 is 10.1 Å². The highest BCUT2D eigenvalue weighted by Gasteiger charge is 3.01. The maximum Gasteiger partial charge on any atom is 0.460 e. The van der Waals surface area contributed by atoms with E-state index in [1.165, 1.54) is 0 Å². The lowest BCUT2D eigenvalue weighted by Gasteiger charge is -2.46. The SMILES string of the molecule is CC(=O)OCNC(=O)c1c(C(F)(F)C(F)(F)C(F)(F)C(F)(F)C(F)(F)C(F)(F)C(F)(F)C(F)(F)C(F)(F)C(F)(F)C(F)(F)C(F)(F)C(F)(F)C(F)(F)C(F)(F)F)cc(C)c(N=C=O)c1N=C=O. The Labute approximate surface area is 344 Å². The smallest absolute Gasteiger partial charge is 0.445 e. The number of hydrogen-bond acceptors (Lipinski definition) is 7. The standard InChI is InChI=1S/C28H10F31N3O5/c1-7-3-9(10(13(66)62-6-67-8(2)65)12(61-5-64)11(7)60-4-63)14(29,30)15(31,32)16(33,34)17(35,36)18(37,38)19(39,40)20(41,42)21(43,44)22(45,46)23(47,48)24(49,50)25(51,52)26(53,54)27(55,56)28(57,58)59/h3H,6H2,1-2H3,(H,62,66). The number of aryl methyl sites for hydroxylation is 1. The van der Waals surface area contributed by atoms with Crippen LogP contribution in [0.5, 0.6) is 0 Å². The largest absolute Gasteiger partial charge is 0.460 e. The van der Waals surface area contributed by atoms with Crippen molar-refractivity contribution in [1.29, 1.82) is 0 Å². The third-order valence-electron chi connectivity index (χ3n) is 8.34. The van der Waals surface area contributed by atoms with Crippen molar-refractivity contribution in [3.63, 3.8) is 0 Å². The summed E-state index contributed by atoms with van der Waals surface area (Å²) < 4.78 is 440. The van der Waals surface area contributed by atoms with Gasteiger partial charge >= 0.3 is 95.1 Å². The maximum atomic E-state index is 15.5. The van der Waals surface area contributed by atoms with Gasteiger partial charge in [0.25, 0.3) is 5.91 Å². The van der Waals surface area contributed by atoms with Crippen molar-refractivity contribution in [2.45, 2.75) is 103 Å². The number of nitrogens with zero attached hydrogens (tertiary/aromatic N) is 2. The number of alkyl halides is 31. The molecule has 0 bridgehead atoms. The molecule has 1 aromatic rings. The van der Waals surface area contributed by atoms with Crippen LogP contribution in [0, 0.1) is 6.92 Å². The number of isocyanates is 2. The highest BCUT2D eigenvalue weighted by Crippen LogP contribution is 2.70. The Balaban J connectivity index is 4.31. The molecule has 0 aromatic heterocycles. The molecule has 0 aliphatic rings. The van der Waals surface area contributed by atoms with E-state index >= 15 is 17.6 Å². The average molecular weight is 1060 g/mol. The lowest BCUT2D eigenvalue weighted by Crippen LogP contribution is -2.79. The highest BCUT2D eigenvalue weighted by molar-refractivity contribution is 6.04. The third-order valence-corrected chi connectivity index (χ3v) is 8.34. The number of amides is 1. The lowest BCUT2D eigenvalue weighted by atomic mass is 9.82. The zero-order valence-corrected chi connectivity index (χ0v) is 30.4. The fourth-order valence-corrected chi connectivity index (χ4v) is 4.61. The molecule has 0 saturated heterocycles. The Kier molecular flexibility index (Phi) is 15.0. The quantitative estimate of drug-likeness (QED) is 0.0487. The molecular weight excluding hydrogens is 1050 g/mol. The number of esters is 1. The molecule has 0 unspecified atom stereocenters. The first-order valence-corrected chi connectivity index (χ1v) is 15.2. The molecule has 0 aliphatic carbocycles. The van der Waals surface area contributed by atoms with E-state index in [1.54, 1.807) is 0 Å². The Morgan fingerprint density at radius 2 is 0.746 bits per heavy atom. The zero-order chi connectivity index (χ0) is 54.2. The second kappa shape index (κ2) is 16.8. The second-order valence-electron chi connectivity index (χ2n) is 12.5. The van der Waals surface area contributed by atoms with Crippen molar-refractivity contribution in [3.8, 4) is 0 Å². The predicted molar refractivity (Wildman–Crippen MR) is 145 cm³/mol. The molecule has 0 spiro atoms. The van der Waals surface area contributed by atoms with Gasteiger partial charge in [0.1, 0.15) is 11.4 Å². The Bertz CT molecular complexity index is 2190. The first-order chi connectivity index (χ1) is 29.1. The molecule has 0 aliphatic heterocycles. The Morgan fingerprint density at radius 1 is 0.478 bits per heavy atom. The van der Waals surface area contributed by atoms with E-state index in [9.17, 15) is 138 Å². The van der Waals surface area contributed by atoms with Crippen LogP contribution in [0.15, 0.2) is 16.1 Å². The van der Waals surface area contributed by atoms with Gasteiger partial charge in [0.15, 0.2) is 6.73 Å². The van der Waals surface area contributed by atoms with Crippen molar-refractivity contribution >= 4 is 35.4 Å². The van der Waals surface area contributed by atoms with Crippen molar-refractivity contribution in [1.82, 2.24) is 5.32 Å². The van der Waals surface area contributed by atoms with E-state index in [4.69, 9.17) is 0 Å². The fraction of sp³-hybridized carbons (Fsp3) is 0.643. The molecule has 39 heteroatoms. The van der Waals surface area contributed by atoms with E-state index in [-0.39, 0.29) is 13.0 Å². The normalized spacial score (nSPS) is 15.1. The summed E-state index contributed by atoms with van der Waals surface area (Å²) in [6.45, 7) is -1.06. The summed E-state index contributed by atoms with van der Waals surface area (Å²) in [5.74, 6) is -139. The Morgan fingerprint density at radius 3 is 1.01 bits per heavy atom. The van der Waals surface area contributed by atoms with Gasteiger partial charge in [-0.1, -0.05) is 0 Å². The zero-order valence-electron chi connectivity index (χ0n) is 30.4. The van der Waals surface area contributed by atoms with Crippen LogP contribution in [0.25, 0.3) is 0 Å². The predicted octanol–water partition coefficient (Wildman–Crippen LogP) is 11.1. The topological polar surface area (TPSA) is 114 Å². The number of benzene rings is 1. The van der Waals surface area contributed by atoms with E-state index in [0.29, 0.717) is 13.0 Å². The van der Waals surface area contributed by atoms with Gasteiger partial charge in [-0.15, -0.1) is 0 Å². The molecule has 0 heterocycles. The number of hydrogen-bond donors (Lipinski definition) is 1. The molecule has 1 amide bonds. The molecule has 8 nitrogen and oxygen atoms in total. The second-order valence-corrected chi connectivity index (χ2v) is 12.5. The van der Waals surface area contributed by atoms with Gasteiger partial charge in [0.05, 0.1) is 5.56 Å². The molecule has 67 heavy (non-hydrogen) atoms. The number of nitrogens with one attached hydrogen (secondary N) is 1. The Hall–Kier alpha value is -5.25. The number of aliphatic imine (C=N–C) groups is 2. The van der Waals surface area contributed by atoms with Crippen LogP contribution in [0.4, 0.5) is 147 Å². The van der Waals surface area contributed by atoms with E-state index in [0.717, 1.165) is 5.32 Å². The summed E-state index contributed by atoms with van der Waals surface area (Å²) in [6.07, 6.45) is -7.64. The van der Waals surface area contributed by atoms with Gasteiger partial charge in [0.2, 0.25) is 12.2 Å². The number of carbonyl (C=O) groups excluding carboxylic acids is 4. The number of halogens is 31. The number of ether oxygens (including phenoxy) is 1. The van der Waals surface area contributed by atoms with Gasteiger partial charge in [-0.2, -0.15) is 146 Å². The third kappa shape index (κ3) is 7.92. The van der Waals surface area contributed by atoms with Crippen molar-refractivity contribution in [2.75, 3.05) is 6.73 Å². The summed E-state index contributed by atoms with van der Waals surface area (Å²) in [7, 11) is 0. The molecule has 1 N–H and O–H groups in total. The molecule has 0 fully saturated rings. The first kappa shape index (κ1) is 59.8. The molecule has 384 valence electrons. The van der Waals surface area contributed by atoms with E-state index < -0.39 is 142 Å². The minimum atomic E-state index is -10.2. The number of rotatable bonds is 19. The van der Waals surface area contributed by atoms with Crippen LogP contribution >= 0.6 is 0 Å². The van der Waals surface area contributed by atoms with Gasteiger partial charge in [-0.05, 0) is 18.6 Å². The van der Waals surface area contributed by atoms with Gasteiger partial charge in [0, 0.05) is 12.5 Å². The molecular formula is C28H10F31N3O5. The summed E-state index contributed by atoms with van der Waals surface area (Å²) in [5, 5.41) is 1.07. The lowest BCUT2D eigenvalue weighted by molar-refractivity contribution is -0.489. The molecule has 1 rings (SSSR count). The highest BCUT2D eigenvalue weighted by atomic mass is 19.4. The summed E-state index contributed by atoms with van der Waals surface area (Å²) in [4.78, 5) is 50.3. The van der Waals surface area contributed by atoms with Crippen LogP contribution in [-0.4, -0.2) is 114 Å². The van der Waals surface area contributed by atoms with Crippen molar-refractivity contribution in [2.24, 2.45) is 9.98 Å². The monoisotopic (exact) mass is 1060 g/mol. The first-order valence-electron chi connectivity index (χ1n) is 15.2. The summed E-state index contributed by atoms with van der Waals surface area (Å²) in [6, 6.07) is -0.911. The van der Waals surface area contributed by atoms with Crippen LogP contribution < -0.4 is 5.32 Å². The number of carbonyl (C=O) groups is 2. The molecule has 0 saturated carbocycles.